The number of fused-ring (bicyclic) bond motifs is 1. The van der Waals surface area contributed by atoms with Gasteiger partial charge in [-0.15, -0.1) is 21.5 Å². The van der Waals surface area contributed by atoms with Gasteiger partial charge >= 0.3 is 5.97 Å². The number of carbonyl (C=O) groups is 2. The molecule has 0 fully saturated rings. The zero-order valence-corrected chi connectivity index (χ0v) is 23.6. The SMILES string of the molecule is COC(=O)c1c(NC(=O)CSc2nnc(C(C)Oc3ccc(C(C)C)cc3)n2C)sc2c1CCCCC2. The number of amides is 1. The summed E-state index contributed by atoms with van der Waals surface area (Å²) in [6, 6.07) is 8.07. The fraction of sp³-hybridized carbons (Fsp3) is 0.481. The van der Waals surface area contributed by atoms with E-state index in [0.29, 0.717) is 27.5 Å². The number of methoxy groups -OCH3 is 1. The maximum atomic E-state index is 12.8. The van der Waals surface area contributed by atoms with Crippen LogP contribution in [0.2, 0.25) is 0 Å². The molecule has 0 saturated heterocycles. The summed E-state index contributed by atoms with van der Waals surface area (Å²) in [6.07, 6.45) is 4.74. The second kappa shape index (κ2) is 12.1. The number of hydrogen-bond acceptors (Lipinski definition) is 8. The highest BCUT2D eigenvalue weighted by Crippen LogP contribution is 2.38. The normalized spacial score (nSPS) is 14.1. The zero-order chi connectivity index (χ0) is 26.5. The van der Waals surface area contributed by atoms with Crippen LogP contribution in [0.4, 0.5) is 5.00 Å². The first-order valence-electron chi connectivity index (χ1n) is 12.6. The van der Waals surface area contributed by atoms with Gasteiger partial charge in [-0.1, -0.05) is 44.2 Å². The summed E-state index contributed by atoms with van der Waals surface area (Å²) in [4.78, 5) is 26.5. The van der Waals surface area contributed by atoms with Crippen molar-refractivity contribution >= 4 is 40.0 Å². The molecule has 0 radical (unpaired) electrons. The molecule has 1 amide bonds. The van der Waals surface area contributed by atoms with Crippen molar-refractivity contribution in [1.82, 2.24) is 14.8 Å². The molecule has 1 N–H and O–H groups in total. The molecule has 2 heterocycles. The van der Waals surface area contributed by atoms with E-state index in [-0.39, 0.29) is 17.8 Å². The van der Waals surface area contributed by atoms with E-state index in [4.69, 9.17) is 9.47 Å². The molecule has 37 heavy (non-hydrogen) atoms. The molecule has 198 valence electrons. The van der Waals surface area contributed by atoms with E-state index in [1.807, 2.05) is 30.7 Å². The molecule has 0 spiro atoms. The van der Waals surface area contributed by atoms with Gasteiger partial charge in [-0.2, -0.15) is 0 Å². The van der Waals surface area contributed by atoms with Crippen LogP contribution in [-0.4, -0.2) is 39.5 Å². The lowest BCUT2D eigenvalue weighted by atomic mass is 10.0. The molecular weight excluding hydrogens is 508 g/mol. The van der Waals surface area contributed by atoms with Crippen LogP contribution in [0.1, 0.15) is 84.2 Å². The number of rotatable bonds is 9. The van der Waals surface area contributed by atoms with Crippen LogP contribution >= 0.6 is 23.1 Å². The van der Waals surface area contributed by atoms with Crippen molar-refractivity contribution in [2.45, 2.75) is 70.1 Å². The molecule has 0 aliphatic heterocycles. The molecule has 0 bridgehead atoms. The highest BCUT2D eigenvalue weighted by atomic mass is 32.2. The number of esters is 1. The van der Waals surface area contributed by atoms with Crippen LogP contribution in [0.15, 0.2) is 29.4 Å². The fourth-order valence-electron chi connectivity index (χ4n) is 4.44. The lowest BCUT2D eigenvalue weighted by Crippen LogP contribution is -2.17. The van der Waals surface area contributed by atoms with Crippen LogP contribution in [-0.2, 0) is 29.4 Å². The first-order valence-corrected chi connectivity index (χ1v) is 14.4. The summed E-state index contributed by atoms with van der Waals surface area (Å²) in [7, 11) is 3.24. The third-order valence-electron chi connectivity index (χ3n) is 6.49. The Balaban J connectivity index is 1.39. The van der Waals surface area contributed by atoms with Crippen molar-refractivity contribution in [1.29, 1.82) is 0 Å². The van der Waals surface area contributed by atoms with E-state index >= 15 is 0 Å². The number of ether oxygens (including phenoxy) is 2. The number of nitrogens with zero attached hydrogens (tertiary/aromatic N) is 3. The summed E-state index contributed by atoms with van der Waals surface area (Å²) in [5.41, 5.74) is 2.80. The molecule has 1 aliphatic carbocycles. The van der Waals surface area contributed by atoms with Crippen LogP contribution < -0.4 is 10.1 Å². The lowest BCUT2D eigenvalue weighted by molar-refractivity contribution is -0.113. The van der Waals surface area contributed by atoms with E-state index in [1.165, 1.54) is 40.6 Å². The van der Waals surface area contributed by atoms with Gasteiger partial charge in [-0.25, -0.2) is 4.79 Å². The number of benzene rings is 1. The average Bonchev–Trinajstić information content (AvgIpc) is 3.32. The number of aromatic nitrogens is 3. The van der Waals surface area contributed by atoms with Crippen molar-refractivity contribution in [2.24, 2.45) is 7.05 Å². The Labute approximate surface area is 226 Å². The van der Waals surface area contributed by atoms with E-state index in [1.54, 1.807) is 0 Å². The fourth-order valence-corrected chi connectivity index (χ4v) is 6.45. The standard InChI is InChI=1S/C27H34N4O4S2/c1-16(2)18-11-13-19(14-12-18)35-17(3)24-29-30-27(31(24)4)36-15-22(32)28-25-23(26(33)34-5)20-9-7-6-8-10-21(20)37-25/h11-14,16-17H,6-10,15H2,1-5H3,(H,28,32). The van der Waals surface area contributed by atoms with Crippen molar-refractivity contribution < 1.29 is 19.1 Å². The Kier molecular flexibility index (Phi) is 8.91. The first-order chi connectivity index (χ1) is 17.8. The second-order valence-corrected chi connectivity index (χ2v) is 11.5. The number of carbonyl (C=O) groups excluding carboxylic acids is 2. The second-order valence-electron chi connectivity index (χ2n) is 9.48. The van der Waals surface area contributed by atoms with Gasteiger partial charge in [0.05, 0.1) is 18.4 Å². The molecule has 1 atom stereocenters. The molecule has 8 nitrogen and oxygen atoms in total. The molecule has 10 heteroatoms. The van der Waals surface area contributed by atoms with E-state index in [2.05, 4.69) is 41.5 Å². The largest absolute Gasteiger partial charge is 0.483 e. The Morgan fingerprint density at radius 3 is 2.54 bits per heavy atom. The van der Waals surface area contributed by atoms with Gasteiger partial charge < -0.3 is 19.4 Å². The summed E-state index contributed by atoms with van der Waals surface area (Å²) < 4.78 is 13.0. The molecule has 3 aromatic rings. The zero-order valence-electron chi connectivity index (χ0n) is 22.0. The summed E-state index contributed by atoms with van der Waals surface area (Å²) in [6.45, 7) is 6.24. The highest BCUT2D eigenvalue weighted by molar-refractivity contribution is 7.99. The van der Waals surface area contributed by atoms with Crippen LogP contribution in [0.25, 0.3) is 0 Å². The van der Waals surface area contributed by atoms with Crippen LogP contribution in [0.3, 0.4) is 0 Å². The average molecular weight is 543 g/mol. The van der Waals surface area contributed by atoms with Gasteiger partial charge in [0, 0.05) is 11.9 Å². The number of thiophene rings is 1. The topological polar surface area (TPSA) is 95.3 Å². The number of nitrogens with one attached hydrogen (secondary N) is 1. The number of thioether (sulfide) groups is 1. The van der Waals surface area contributed by atoms with Crippen molar-refractivity contribution in [3.63, 3.8) is 0 Å². The van der Waals surface area contributed by atoms with Gasteiger partial charge in [0.15, 0.2) is 17.1 Å². The van der Waals surface area contributed by atoms with E-state index in [0.717, 1.165) is 43.4 Å². The van der Waals surface area contributed by atoms with E-state index < -0.39 is 5.97 Å². The maximum absolute atomic E-state index is 12.8. The minimum absolute atomic E-state index is 0.140. The first kappa shape index (κ1) is 27.2. The number of hydrogen-bond donors (Lipinski definition) is 1. The number of aryl methyl sites for hydroxylation is 1. The molecule has 0 saturated carbocycles. The number of anilines is 1. The molecular formula is C27H34N4O4S2. The maximum Gasteiger partial charge on any atom is 0.341 e. The van der Waals surface area contributed by atoms with Crippen molar-refractivity contribution in [3.8, 4) is 5.75 Å². The minimum Gasteiger partial charge on any atom is -0.483 e. The molecule has 4 rings (SSSR count). The Morgan fingerprint density at radius 1 is 1.11 bits per heavy atom. The van der Waals surface area contributed by atoms with Gasteiger partial charge in [-0.05, 0) is 61.8 Å². The van der Waals surface area contributed by atoms with Gasteiger partial charge in [0.1, 0.15) is 10.8 Å². The monoisotopic (exact) mass is 542 g/mol. The lowest BCUT2D eigenvalue weighted by Gasteiger charge is -2.15. The molecule has 1 unspecified atom stereocenters. The third-order valence-corrected chi connectivity index (χ3v) is 8.72. The minimum atomic E-state index is -0.395. The molecule has 1 aliphatic rings. The summed E-state index contributed by atoms with van der Waals surface area (Å²) in [5.74, 6) is 1.44. The predicted molar refractivity (Wildman–Crippen MR) is 147 cm³/mol. The van der Waals surface area contributed by atoms with Gasteiger partial charge in [-0.3, -0.25) is 4.79 Å². The Hall–Kier alpha value is -2.85. The quantitative estimate of drug-likeness (QED) is 0.203. The highest BCUT2D eigenvalue weighted by Gasteiger charge is 2.26. The van der Waals surface area contributed by atoms with Crippen LogP contribution in [0, 0.1) is 0 Å². The summed E-state index contributed by atoms with van der Waals surface area (Å²) in [5, 5.41) is 12.7. The Bertz CT molecular complexity index is 1250. The van der Waals surface area contributed by atoms with Crippen LogP contribution in [0.5, 0.6) is 5.75 Å². The Morgan fingerprint density at radius 2 is 1.84 bits per heavy atom. The summed E-state index contributed by atoms with van der Waals surface area (Å²) >= 11 is 2.78. The smallest absolute Gasteiger partial charge is 0.341 e. The van der Waals surface area contributed by atoms with E-state index in [9.17, 15) is 9.59 Å². The predicted octanol–water partition coefficient (Wildman–Crippen LogP) is 5.93. The third kappa shape index (κ3) is 6.35. The molecule has 2 aromatic heterocycles. The van der Waals surface area contributed by atoms with Gasteiger partial charge in [0.25, 0.3) is 0 Å². The molecule has 1 aromatic carbocycles. The van der Waals surface area contributed by atoms with Crippen molar-refractivity contribution in [3.05, 3.63) is 51.7 Å². The van der Waals surface area contributed by atoms with Gasteiger partial charge in [0.2, 0.25) is 5.91 Å². The van der Waals surface area contributed by atoms with Crippen molar-refractivity contribution in [2.75, 3.05) is 18.2 Å².